The van der Waals surface area contributed by atoms with Crippen LogP contribution in [-0.4, -0.2) is 28.5 Å². The molecule has 1 aromatic heterocycles. The van der Waals surface area contributed by atoms with E-state index in [0.717, 1.165) is 22.0 Å². The number of halogens is 1. The Balaban J connectivity index is 1.85. The van der Waals surface area contributed by atoms with Crippen molar-refractivity contribution < 1.29 is 9.53 Å². The SMILES string of the molecule is COc1ccc(C(=O)N(Cc2cccn2Cc2cccc(Cl)c2)[C@H](C)C(C)C)cc1. The number of methoxy groups -OCH3 is 1. The summed E-state index contributed by atoms with van der Waals surface area (Å²) in [6.07, 6.45) is 2.05. The van der Waals surface area contributed by atoms with Crippen LogP contribution in [0.2, 0.25) is 5.02 Å². The summed E-state index contributed by atoms with van der Waals surface area (Å²) < 4.78 is 7.40. The van der Waals surface area contributed by atoms with Crippen LogP contribution >= 0.6 is 11.6 Å². The van der Waals surface area contributed by atoms with Gasteiger partial charge in [-0.25, -0.2) is 0 Å². The Kier molecular flexibility index (Phi) is 7.22. The van der Waals surface area contributed by atoms with Crippen molar-refractivity contribution in [2.45, 2.75) is 39.9 Å². The molecule has 3 rings (SSSR count). The number of carbonyl (C=O) groups is 1. The van der Waals surface area contributed by atoms with Gasteiger partial charge in [-0.1, -0.05) is 37.6 Å². The summed E-state index contributed by atoms with van der Waals surface area (Å²) in [5.41, 5.74) is 2.88. The van der Waals surface area contributed by atoms with E-state index >= 15 is 0 Å². The molecule has 2 aromatic carbocycles. The minimum absolute atomic E-state index is 0.0226. The maximum absolute atomic E-state index is 13.4. The fraction of sp³-hybridized carbons (Fsp3) is 0.320. The third-order valence-corrected chi connectivity index (χ3v) is 5.79. The summed E-state index contributed by atoms with van der Waals surface area (Å²) >= 11 is 6.15. The zero-order valence-corrected chi connectivity index (χ0v) is 18.8. The molecule has 0 aliphatic rings. The van der Waals surface area contributed by atoms with Crippen LogP contribution in [0, 0.1) is 5.92 Å². The first-order valence-corrected chi connectivity index (χ1v) is 10.6. The Hall–Kier alpha value is -2.72. The van der Waals surface area contributed by atoms with E-state index in [2.05, 4.69) is 37.5 Å². The minimum Gasteiger partial charge on any atom is -0.497 e. The zero-order chi connectivity index (χ0) is 21.7. The van der Waals surface area contributed by atoms with E-state index in [1.807, 2.05) is 59.6 Å². The number of amides is 1. The fourth-order valence-corrected chi connectivity index (χ4v) is 3.63. The lowest BCUT2D eigenvalue weighted by Gasteiger charge is -2.32. The maximum atomic E-state index is 13.4. The number of benzene rings is 2. The van der Waals surface area contributed by atoms with Crippen molar-refractivity contribution in [1.82, 2.24) is 9.47 Å². The first-order chi connectivity index (χ1) is 14.4. The number of rotatable bonds is 8. The Morgan fingerprint density at radius 1 is 1.07 bits per heavy atom. The molecule has 0 fully saturated rings. The maximum Gasteiger partial charge on any atom is 0.254 e. The van der Waals surface area contributed by atoms with Gasteiger partial charge in [0.25, 0.3) is 5.91 Å². The van der Waals surface area contributed by atoms with Gasteiger partial charge in [0.2, 0.25) is 0 Å². The van der Waals surface area contributed by atoms with Crippen molar-refractivity contribution in [2.24, 2.45) is 5.92 Å². The van der Waals surface area contributed by atoms with Gasteiger partial charge in [-0.3, -0.25) is 4.79 Å². The number of carbonyl (C=O) groups excluding carboxylic acids is 1. The summed E-state index contributed by atoms with van der Waals surface area (Å²) in [6, 6.07) is 19.4. The summed E-state index contributed by atoms with van der Waals surface area (Å²) in [6.45, 7) is 7.64. The molecule has 1 atom stereocenters. The van der Waals surface area contributed by atoms with Gasteiger partial charge in [0.1, 0.15) is 5.75 Å². The second kappa shape index (κ2) is 9.86. The molecule has 0 aliphatic carbocycles. The molecule has 30 heavy (non-hydrogen) atoms. The largest absolute Gasteiger partial charge is 0.497 e. The van der Waals surface area contributed by atoms with Gasteiger partial charge < -0.3 is 14.2 Å². The van der Waals surface area contributed by atoms with Crippen molar-refractivity contribution in [3.8, 4) is 5.75 Å². The van der Waals surface area contributed by atoms with Crippen LogP contribution in [0.25, 0.3) is 0 Å². The van der Waals surface area contributed by atoms with Crippen LogP contribution in [0.5, 0.6) is 5.75 Å². The Labute approximate surface area is 184 Å². The quantitative estimate of drug-likeness (QED) is 0.452. The van der Waals surface area contributed by atoms with Gasteiger partial charge in [0.15, 0.2) is 0 Å². The van der Waals surface area contributed by atoms with Gasteiger partial charge in [0.05, 0.1) is 13.7 Å². The number of ether oxygens (including phenoxy) is 1. The second-order valence-corrected chi connectivity index (χ2v) is 8.34. The first-order valence-electron chi connectivity index (χ1n) is 10.2. The average molecular weight is 425 g/mol. The molecule has 4 nitrogen and oxygen atoms in total. The minimum atomic E-state index is 0.0226. The lowest BCUT2D eigenvalue weighted by atomic mass is 10.0. The number of aromatic nitrogens is 1. The number of hydrogen-bond acceptors (Lipinski definition) is 2. The van der Waals surface area contributed by atoms with E-state index in [9.17, 15) is 4.79 Å². The molecule has 158 valence electrons. The molecular weight excluding hydrogens is 396 g/mol. The van der Waals surface area contributed by atoms with Crippen LogP contribution in [0.4, 0.5) is 0 Å². The normalized spacial score (nSPS) is 12.1. The first kappa shape index (κ1) is 22.0. The monoisotopic (exact) mass is 424 g/mol. The standard InChI is InChI=1S/C25H29ClN2O2/c1-18(2)19(3)28(25(29)21-10-12-24(30-4)13-11-21)17-23-9-6-14-27(23)16-20-7-5-8-22(26)15-20/h5-15,18-19H,16-17H2,1-4H3/t19-/m1/s1. The highest BCUT2D eigenvalue weighted by molar-refractivity contribution is 6.30. The van der Waals surface area contributed by atoms with E-state index < -0.39 is 0 Å². The highest BCUT2D eigenvalue weighted by atomic mass is 35.5. The fourth-order valence-electron chi connectivity index (χ4n) is 3.41. The molecule has 1 heterocycles. The van der Waals surface area contributed by atoms with Crippen LogP contribution in [-0.2, 0) is 13.1 Å². The molecule has 0 unspecified atom stereocenters. The molecule has 0 spiro atoms. The van der Waals surface area contributed by atoms with Gasteiger partial charge in [-0.2, -0.15) is 0 Å². The third-order valence-electron chi connectivity index (χ3n) is 5.55. The van der Waals surface area contributed by atoms with Crippen LogP contribution in [0.15, 0.2) is 66.9 Å². The molecular formula is C25H29ClN2O2. The topological polar surface area (TPSA) is 34.5 Å². The Morgan fingerprint density at radius 2 is 1.80 bits per heavy atom. The molecule has 0 radical (unpaired) electrons. The number of nitrogens with zero attached hydrogens (tertiary/aromatic N) is 2. The smallest absolute Gasteiger partial charge is 0.254 e. The van der Waals surface area contributed by atoms with E-state index in [4.69, 9.17) is 16.3 Å². The van der Waals surface area contributed by atoms with E-state index in [1.165, 1.54) is 0 Å². The van der Waals surface area contributed by atoms with Gasteiger partial charge in [-0.15, -0.1) is 0 Å². The third kappa shape index (κ3) is 5.25. The number of hydrogen-bond donors (Lipinski definition) is 0. The molecule has 3 aromatic rings. The van der Waals surface area contributed by atoms with E-state index in [1.54, 1.807) is 7.11 Å². The molecule has 0 saturated carbocycles. The van der Waals surface area contributed by atoms with Crippen LogP contribution in [0.1, 0.15) is 42.4 Å². The molecule has 5 heteroatoms. The summed E-state index contributed by atoms with van der Waals surface area (Å²) in [5, 5.41) is 0.728. The van der Waals surface area contributed by atoms with Crippen molar-refractivity contribution in [3.63, 3.8) is 0 Å². The Bertz CT molecular complexity index is 979. The second-order valence-electron chi connectivity index (χ2n) is 7.90. The van der Waals surface area contributed by atoms with Crippen molar-refractivity contribution in [2.75, 3.05) is 7.11 Å². The van der Waals surface area contributed by atoms with Crippen molar-refractivity contribution in [3.05, 3.63) is 88.7 Å². The molecule has 0 bridgehead atoms. The summed E-state index contributed by atoms with van der Waals surface area (Å²) in [4.78, 5) is 15.3. The highest BCUT2D eigenvalue weighted by Crippen LogP contribution is 2.21. The van der Waals surface area contributed by atoms with Gasteiger partial charge in [-0.05, 0) is 66.9 Å². The predicted octanol–water partition coefficient (Wildman–Crippen LogP) is 5.89. The van der Waals surface area contributed by atoms with Gasteiger partial charge in [0, 0.05) is 35.1 Å². The molecule has 0 saturated heterocycles. The summed E-state index contributed by atoms with van der Waals surface area (Å²) in [7, 11) is 1.62. The molecule has 0 aliphatic heterocycles. The van der Waals surface area contributed by atoms with E-state index in [-0.39, 0.29) is 11.9 Å². The van der Waals surface area contributed by atoms with Crippen LogP contribution in [0.3, 0.4) is 0 Å². The van der Waals surface area contributed by atoms with Crippen molar-refractivity contribution in [1.29, 1.82) is 0 Å². The predicted molar refractivity (Wildman–Crippen MR) is 122 cm³/mol. The van der Waals surface area contributed by atoms with Crippen LogP contribution < -0.4 is 4.74 Å². The zero-order valence-electron chi connectivity index (χ0n) is 18.0. The Morgan fingerprint density at radius 3 is 2.43 bits per heavy atom. The van der Waals surface area contributed by atoms with Gasteiger partial charge >= 0.3 is 0 Å². The van der Waals surface area contributed by atoms with E-state index in [0.29, 0.717) is 24.6 Å². The molecule has 0 N–H and O–H groups in total. The summed E-state index contributed by atoms with van der Waals surface area (Å²) in [5.74, 6) is 1.10. The lowest BCUT2D eigenvalue weighted by Crippen LogP contribution is -2.41. The molecule has 1 amide bonds. The average Bonchev–Trinajstić information content (AvgIpc) is 3.17. The highest BCUT2D eigenvalue weighted by Gasteiger charge is 2.25. The lowest BCUT2D eigenvalue weighted by molar-refractivity contribution is 0.0622. The van der Waals surface area contributed by atoms with Crippen molar-refractivity contribution >= 4 is 17.5 Å².